The number of nitrogens with one attached hydrogen (secondary N) is 2. The van der Waals surface area contributed by atoms with Gasteiger partial charge in [0.1, 0.15) is 31.1 Å². The molecule has 3 heterocycles. The van der Waals surface area contributed by atoms with Gasteiger partial charge < -0.3 is 29.7 Å². The number of amides is 4. The van der Waals surface area contributed by atoms with Crippen LogP contribution in [-0.4, -0.2) is 89.3 Å². The van der Waals surface area contributed by atoms with Gasteiger partial charge in [-0.15, -0.1) is 0 Å². The maximum Gasteiger partial charge on any atom is 0.410 e. The van der Waals surface area contributed by atoms with Crippen molar-refractivity contribution >= 4 is 24.0 Å². The van der Waals surface area contributed by atoms with Crippen LogP contribution in [0.1, 0.15) is 43.1 Å². The van der Waals surface area contributed by atoms with Crippen LogP contribution in [0.4, 0.5) is 9.59 Å². The fourth-order valence-electron chi connectivity index (χ4n) is 5.34. The first-order chi connectivity index (χ1) is 22.0. The van der Waals surface area contributed by atoms with Crippen LogP contribution in [0.3, 0.4) is 0 Å². The molecule has 3 aromatic rings. The molecule has 0 unspecified atom stereocenters. The number of nitrogens with zero attached hydrogens (tertiary/aromatic N) is 3. The molecule has 2 aliphatic rings. The van der Waals surface area contributed by atoms with Crippen molar-refractivity contribution < 1.29 is 33.4 Å². The van der Waals surface area contributed by atoms with Crippen LogP contribution in [0.25, 0.3) is 11.1 Å². The zero-order chi connectivity index (χ0) is 32.7. The molecule has 0 spiro atoms. The Balaban J connectivity index is 1.39. The van der Waals surface area contributed by atoms with Gasteiger partial charge in [-0.2, -0.15) is 0 Å². The molecule has 0 radical (unpaired) electrons. The Morgan fingerprint density at radius 3 is 2.59 bits per heavy atom. The molecule has 12 nitrogen and oxygen atoms in total. The summed E-state index contributed by atoms with van der Waals surface area (Å²) in [6.07, 6.45) is 2.29. The van der Waals surface area contributed by atoms with Crippen molar-refractivity contribution in [3.05, 3.63) is 84.2 Å². The minimum absolute atomic E-state index is 0.0214. The van der Waals surface area contributed by atoms with E-state index in [1.807, 2.05) is 54.6 Å². The highest BCUT2D eigenvalue weighted by Gasteiger charge is 2.38. The minimum Gasteiger partial charge on any atom is -0.491 e. The van der Waals surface area contributed by atoms with Gasteiger partial charge >= 0.3 is 12.2 Å². The van der Waals surface area contributed by atoms with E-state index in [1.165, 1.54) is 11.1 Å². The molecule has 2 aliphatic heterocycles. The molecule has 5 rings (SSSR count). The molecule has 12 heteroatoms. The van der Waals surface area contributed by atoms with E-state index >= 15 is 0 Å². The third-order valence-electron chi connectivity index (χ3n) is 7.52. The fraction of sp³-hybridized carbons (Fsp3) is 0.382. The minimum atomic E-state index is -0.695. The number of alkyl carbamates (subject to hydrolysis) is 1. The maximum atomic E-state index is 13.8. The number of carbonyl (C=O) groups excluding carboxylic acids is 4. The van der Waals surface area contributed by atoms with Gasteiger partial charge in [-0.3, -0.25) is 19.5 Å². The molecule has 4 amide bonds. The van der Waals surface area contributed by atoms with Crippen molar-refractivity contribution in [2.75, 3.05) is 32.8 Å². The van der Waals surface area contributed by atoms with Crippen LogP contribution in [0.15, 0.2) is 73.1 Å². The van der Waals surface area contributed by atoms with E-state index in [9.17, 15) is 19.2 Å². The summed E-state index contributed by atoms with van der Waals surface area (Å²) in [6, 6.07) is 17.5. The van der Waals surface area contributed by atoms with Gasteiger partial charge in [0.25, 0.3) is 5.91 Å². The average Bonchev–Trinajstić information content (AvgIpc) is 3.43. The van der Waals surface area contributed by atoms with Crippen LogP contribution in [0.5, 0.6) is 5.75 Å². The van der Waals surface area contributed by atoms with Crippen molar-refractivity contribution in [1.29, 1.82) is 0 Å². The zero-order valence-corrected chi connectivity index (χ0v) is 26.2. The third kappa shape index (κ3) is 8.74. The molecule has 2 aromatic carbocycles. The van der Waals surface area contributed by atoms with Gasteiger partial charge in [0.2, 0.25) is 5.91 Å². The predicted octanol–water partition coefficient (Wildman–Crippen LogP) is 4.00. The van der Waals surface area contributed by atoms with Crippen molar-refractivity contribution in [2.45, 2.75) is 51.5 Å². The fourth-order valence-corrected chi connectivity index (χ4v) is 5.34. The van der Waals surface area contributed by atoms with Gasteiger partial charge in [0.15, 0.2) is 0 Å². The molecule has 242 valence electrons. The van der Waals surface area contributed by atoms with E-state index in [0.29, 0.717) is 17.7 Å². The second-order valence-corrected chi connectivity index (χ2v) is 12.3. The first kappa shape index (κ1) is 32.3. The number of aromatic nitrogens is 1. The van der Waals surface area contributed by atoms with E-state index in [1.54, 1.807) is 37.9 Å². The van der Waals surface area contributed by atoms with Gasteiger partial charge in [-0.25, -0.2) is 9.59 Å². The number of pyridine rings is 1. The number of ether oxygens (including phenoxy) is 3. The summed E-state index contributed by atoms with van der Waals surface area (Å²) in [6.45, 7) is 5.51. The van der Waals surface area contributed by atoms with E-state index in [4.69, 9.17) is 14.2 Å². The molecule has 1 fully saturated rings. The van der Waals surface area contributed by atoms with Gasteiger partial charge in [-0.05, 0) is 56.5 Å². The number of benzene rings is 2. The Labute approximate surface area is 268 Å². The van der Waals surface area contributed by atoms with Gasteiger partial charge in [0.05, 0.1) is 17.6 Å². The van der Waals surface area contributed by atoms with Crippen LogP contribution < -0.4 is 15.4 Å². The molecule has 0 aliphatic carbocycles. The van der Waals surface area contributed by atoms with Crippen LogP contribution >= 0.6 is 0 Å². The molecule has 1 aromatic heterocycles. The Bertz CT molecular complexity index is 1560. The smallest absolute Gasteiger partial charge is 0.410 e. The Morgan fingerprint density at radius 1 is 1.02 bits per heavy atom. The number of hydrogen-bond acceptors (Lipinski definition) is 8. The Hall–Kier alpha value is -5.13. The molecule has 1 saturated heterocycles. The summed E-state index contributed by atoms with van der Waals surface area (Å²) in [4.78, 5) is 59.9. The largest absolute Gasteiger partial charge is 0.491 e. The van der Waals surface area contributed by atoms with E-state index < -0.39 is 29.9 Å². The summed E-state index contributed by atoms with van der Waals surface area (Å²) in [5.41, 5.74) is 2.00. The lowest BCUT2D eigenvalue weighted by Crippen LogP contribution is -2.48. The second-order valence-electron chi connectivity index (χ2n) is 12.3. The molecular weight excluding hydrogens is 590 g/mol. The lowest BCUT2D eigenvalue weighted by Gasteiger charge is -2.28. The second kappa shape index (κ2) is 14.3. The zero-order valence-electron chi connectivity index (χ0n) is 26.2. The van der Waals surface area contributed by atoms with Crippen molar-refractivity contribution in [1.82, 2.24) is 25.4 Å². The first-order valence-corrected chi connectivity index (χ1v) is 15.2. The SMILES string of the molecule is CC(C)(C)OC(=O)N[C@@H]1C[C@H]2COc3cccc(c3)-c3cncc(c3)C(=O)NCCN(C(=O)OCc3ccccc3)CC(=O)N2C1. The summed E-state index contributed by atoms with van der Waals surface area (Å²) in [7, 11) is 0. The normalized spacial score (nSPS) is 18.8. The first-order valence-electron chi connectivity index (χ1n) is 15.2. The van der Waals surface area contributed by atoms with Crippen LogP contribution in [-0.2, 0) is 20.9 Å². The predicted molar refractivity (Wildman–Crippen MR) is 169 cm³/mol. The lowest BCUT2D eigenvalue weighted by molar-refractivity contribution is -0.133. The maximum absolute atomic E-state index is 13.8. The summed E-state index contributed by atoms with van der Waals surface area (Å²) in [5.74, 6) is -0.150. The topological polar surface area (TPSA) is 139 Å². The standard InChI is InChI=1S/C34H39N5O7/c1-34(2,3)46-32(42)37-27-16-28-22-44-29-11-7-10-24(15-29)25-14-26(18-35-17-25)31(41)36-12-13-38(20-30(40)39(28)19-27)33(43)45-21-23-8-5-4-6-9-23/h4-11,14-15,17-18,27-28H,12-13,16,19-22H2,1-3H3,(H,36,41)(H,37,42)/t27-,28+/m1/s1. The summed E-state index contributed by atoms with van der Waals surface area (Å²) in [5, 5.41) is 5.69. The highest BCUT2D eigenvalue weighted by molar-refractivity contribution is 5.95. The van der Waals surface area contributed by atoms with E-state index in [-0.39, 0.29) is 51.2 Å². The summed E-state index contributed by atoms with van der Waals surface area (Å²) < 4.78 is 17.2. The highest BCUT2D eigenvalue weighted by Crippen LogP contribution is 2.26. The number of carbonyl (C=O) groups is 4. The Kier molecular flexibility index (Phi) is 10.0. The van der Waals surface area contributed by atoms with Crippen LogP contribution in [0.2, 0.25) is 0 Å². The summed E-state index contributed by atoms with van der Waals surface area (Å²) >= 11 is 0. The monoisotopic (exact) mass is 629 g/mol. The van der Waals surface area contributed by atoms with Crippen LogP contribution in [0, 0.1) is 0 Å². The molecule has 0 saturated carbocycles. The van der Waals surface area contributed by atoms with E-state index in [2.05, 4.69) is 15.6 Å². The average molecular weight is 630 g/mol. The van der Waals surface area contributed by atoms with Gasteiger partial charge in [-0.1, -0.05) is 42.5 Å². The number of rotatable bonds is 3. The molecular formula is C34H39N5O7. The third-order valence-corrected chi connectivity index (χ3v) is 7.52. The van der Waals surface area contributed by atoms with E-state index in [0.717, 1.165) is 16.7 Å². The molecule has 46 heavy (non-hydrogen) atoms. The van der Waals surface area contributed by atoms with Crippen molar-refractivity contribution in [3.8, 4) is 16.9 Å². The number of fused-ring (bicyclic) bond motifs is 6. The molecule has 2 N–H and O–H groups in total. The lowest BCUT2D eigenvalue weighted by atomic mass is 10.1. The number of hydrogen-bond donors (Lipinski definition) is 2. The molecule has 2 atom stereocenters. The van der Waals surface area contributed by atoms with Gasteiger partial charge in [0, 0.05) is 37.6 Å². The Morgan fingerprint density at radius 2 is 1.80 bits per heavy atom. The molecule has 4 bridgehead atoms. The van der Waals surface area contributed by atoms with Crippen molar-refractivity contribution in [3.63, 3.8) is 0 Å². The van der Waals surface area contributed by atoms with Crippen molar-refractivity contribution in [2.24, 2.45) is 0 Å². The quantitative estimate of drug-likeness (QED) is 0.443. The highest BCUT2D eigenvalue weighted by atomic mass is 16.6.